The van der Waals surface area contributed by atoms with Crippen LogP contribution in [0.15, 0.2) is 18.2 Å². The number of carbonyl (C=O) groups excluding carboxylic acids is 2. The second-order valence-corrected chi connectivity index (χ2v) is 5.42. The topological polar surface area (TPSA) is 49.4 Å². The van der Waals surface area contributed by atoms with Crippen molar-refractivity contribution >= 4 is 23.4 Å². The van der Waals surface area contributed by atoms with Crippen molar-refractivity contribution in [2.24, 2.45) is 0 Å². The first-order valence-corrected chi connectivity index (χ1v) is 6.23. The second kappa shape index (κ2) is 4.90. The number of nitrogens with zero attached hydrogens (tertiary/aromatic N) is 1. The average Bonchev–Trinajstić information content (AvgIpc) is 2.35. The molecular weight excluding hydrogens is 271 g/mol. The van der Waals surface area contributed by atoms with Gasteiger partial charge in [0.05, 0.1) is 23.7 Å². The fraction of sp³-hybridized carbons (Fsp3) is 0.385. The molecule has 0 bridgehead atoms. The molecule has 1 N–H and O–H groups in total. The van der Waals surface area contributed by atoms with Crippen LogP contribution in [0.5, 0.6) is 0 Å². The zero-order valence-electron chi connectivity index (χ0n) is 10.7. The molecule has 1 aliphatic heterocycles. The molecule has 2 rings (SSSR count). The minimum absolute atomic E-state index is 0.0215. The molecule has 0 radical (unpaired) electrons. The molecule has 1 aliphatic rings. The summed E-state index contributed by atoms with van der Waals surface area (Å²) in [4.78, 5) is 25.1. The number of imide groups is 1. The summed E-state index contributed by atoms with van der Waals surface area (Å²) < 4.78 is 13.1. The summed E-state index contributed by atoms with van der Waals surface area (Å²) in [5, 5.41) is 2.85. The zero-order chi connectivity index (χ0) is 14.2. The maximum absolute atomic E-state index is 13.1. The lowest BCUT2D eigenvalue weighted by molar-refractivity contribution is -0.153. The lowest BCUT2D eigenvalue weighted by Crippen LogP contribution is -2.63. The summed E-state index contributed by atoms with van der Waals surface area (Å²) in [7, 11) is 0. The van der Waals surface area contributed by atoms with Gasteiger partial charge in [-0.05, 0) is 31.5 Å². The van der Waals surface area contributed by atoms with Gasteiger partial charge in [0.25, 0.3) is 0 Å². The van der Waals surface area contributed by atoms with Crippen molar-refractivity contribution < 1.29 is 14.0 Å². The average molecular weight is 285 g/mol. The summed E-state index contributed by atoms with van der Waals surface area (Å²) in [6.07, 6.45) is 0. The number of benzene rings is 1. The van der Waals surface area contributed by atoms with Crippen LogP contribution in [0.25, 0.3) is 0 Å². The van der Waals surface area contributed by atoms with E-state index < -0.39 is 11.4 Å². The molecule has 0 atom stereocenters. The molecule has 1 saturated heterocycles. The third kappa shape index (κ3) is 2.77. The Bertz CT molecular complexity index is 545. The predicted octanol–water partition coefficient (Wildman–Crippen LogP) is 1.72. The first-order chi connectivity index (χ1) is 8.81. The van der Waals surface area contributed by atoms with Crippen molar-refractivity contribution in [1.82, 2.24) is 10.2 Å². The fourth-order valence-electron chi connectivity index (χ4n) is 1.90. The first kappa shape index (κ1) is 14.0. The standard InChI is InChI=1S/C13H14ClFN2O2/c1-13(2)12(19)17(11(18)6-16-13)7-8-3-4-10(15)9(14)5-8/h3-5,16H,6-7H2,1-2H3. The molecule has 0 aliphatic carbocycles. The Morgan fingerprint density at radius 2 is 2.11 bits per heavy atom. The van der Waals surface area contributed by atoms with Gasteiger partial charge in [0, 0.05) is 0 Å². The van der Waals surface area contributed by atoms with Crippen LogP contribution in [0.3, 0.4) is 0 Å². The van der Waals surface area contributed by atoms with Crippen LogP contribution in [0.4, 0.5) is 4.39 Å². The number of rotatable bonds is 2. The van der Waals surface area contributed by atoms with Gasteiger partial charge in [-0.3, -0.25) is 19.8 Å². The van der Waals surface area contributed by atoms with Crippen molar-refractivity contribution in [3.8, 4) is 0 Å². The molecule has 2 amide bonds. The number of carbonyl (C=O) groups is 2. The van der Waals surface area contributed by atoms with Crippen molar-refractivity contribution in [1.29, 1.82) is 0 Å². The Morgan fingerprint density at radius 1 is 1.42 bits per heavy atom. The number of piperazine rings is 1. The third-order valence-corrected chi connectivity index (χ3v) is 3.38. The van der Waals surface area contributed by atoms with Crippen molar-refractivity contribution in [3.63, 3.8) is 0 Å². The van der Waals surface area contributed by atoms with Crippen molar-refractivity contribution in [3.05, 3.63) is 34.6 Å². The zero-order valence-corrected chi connectivity index (χ0v) is 11.4. The fourth-order valence-corrected chi connectivity index (χ4v) is 2.10. The van der Waals surface area contributed by atoms with Gasteiger partial charge in [0.1, 0.15) is 5.82 Å². The lowest BCUT2D eigenvalue weighted by atomic mass is 10.00. The van der Waals surface area contributed by atoms with Gasteiger partial charge in [0.15, 0.2) is 0 Å². The van der Waals surface area contributed by atoms with Crippen LogP contribution in [-0.2, 0) is 16.1 Å². The maximum Gasteiger partial charge on any atom is 0.249 e. The molecule has 4 nitrogen and oxygen atoms in total. The Labute approximate surface area is 115 Å². The van der Waals surface area contributed by atoms with Crippen molar-refractivity contribution in [2.75, 3.05) is 6.54 Å². The number of halogens is 2. The Balaban J connectivity index is 2.23. The minimum Gasteiger partial charge on any atom is -0.295 e. The highest BCUT2D eigenvalue weighted by Crippen LogP contribution is 2.20. The van der Waals surface area contributed by atoms with E-state index >= 15 is 0 Å². The van der Waals surface area contributed by atoms with Crippen LogP contribution >= 0.6 is 11.6 Å². The van der Waals surface area contributed by atoms with Gasteiger partial charge in [0.2, 0.25) is 11.8 Å². The van der Waals surface area contributed by atoms with Gasteiger partial charge in [-0.2, -0.15) is 0 Å². The van der Waals surface area contributed by atoms with Crippen LogP contribution in [-0.4, -0.2) is 28.8 Å². The van der Waals surface area contributed by atoms with E-state index in [2.05, 4.69) is 5.32 Å². The van der Waals surface area contributed by atoms with Gasteiger partial charge in [-0.25, -0.2) is 4.39 Å². The lowest BCUT2D eigenvalue weighted by Gasteiger charge is -2.36. The van der Waals surface area contributed by atoms with Crippen LogP contribution in [0.1, 0.15) is 19.4 Å². The van der Waals surface area contributed by atoms with Crippen molar-refractivity contribution in [2.45, 2.75) is 25.9 Å². The maximum atomic E-state index is 13.1. The monoisotopic (exact) mass is 284 g/mol. The SMILES string of the molecule is CC1(C)NCC(=O)N(Cc2ccc(F)c(Cl)c2)C1=O. The van der Waals surface area contributed by atoms with Gasteiger partial charge in [-0.15, -0.1) is 0 Å². The summed E-state index contributed by atoms with van der Waals surface area (Å²) in [5.41, 5.74) is -0.164. The molecular formula is C13H14ClFN2O2. The van der Waals surface area contributed by atoms with E-state index in [4.69, 9.17) is 11.6 Å². The second-order valence-electron chi connectivity index (χ2n) is 5.01. The van der Waals surface area contributed by atoms with E-state index in [-0.39, 0.29) is 29.9 Å². The largest absolute Gasteiger partial charge is 0.295 e. The van der Waals surface area contributed by atoms with Crippen LogP contribution < -0.4 is 5.32 Å². The van der Waals surface area contributed by atoms with E-state index in [0.29, 0.717) is 5.56 Å². The molecule has 6 heteroatoms. The van der Waals surface area contributed by atoms with Crippen LogP contribution in [0.2, 0.25) is 5.02 Å². The number of hydrogen-bond acceptors (Lipinski definition) is 3. The highest BCUT2D eigenvalue weighted by Gasteiger charge is 2.39. The summed E-state index contributed by atoms with van der Waals surface area (Å²) in [5.74, 6) is -1.13. The molecule has 1 heterocycles. The Morgan fingerprint density at radius 3 is 2.74 bits per heavy atom. The Kier molecular flexibility index (Phi) is 3.60. The number of hydrogen-bond donors (Lipinski definition) is 1. The minimum atomic E-state index is -0.780. The van der Waals surface area contributed by atoms with Gasteiger partial charge in [-0.1, -0.05) is 17.7 Å². The van der Waals surface area contributed by atoms with E-state index in [1.165, 1.54) is 23.1 Å². The summed E-state index contributed by atoms with van der Waals surface area (Å²) >= 11 is 5.68. The van der Waals surface area contributed by atoms with E-state index in [0.717, 1.165) is 0 Å². The highest BCUT2D eigenvalue weighted by atomic mass is 35.5. The van der Waals surface area contributed by atoms with Gasteiger partial charge >= 0.3 is 0 Å². The number of amides is 2. The van der Waals surface area contributed by atoms with E-state index in [9.17, 15) is 14.0 Å². The molecule has 102 valence electrons. The van der Waals surface area contributed by atoms with Gasteiger partial charge < -0.3 is 0 Å². The van der Waals surface area contributed by atoms with E-state index in [1.54, 1.807) is 13.8 Å². The van der Waals surface area contributed by atoms with Crippen LogP contribution in [0, 0.1) is 5.82 Å². The normalized spacial score (nSPS) is 18.8. The highest BCUT2D eigenvalue weighted by molar-refractivity contribution is 6.30. The molecule has 0 saturated carbocycles. The molecule has 0 spiro atoms. The smallest absolute Gasteiger partial charge is 0.249 e. The first-order valence-electron chi connectivity index (χ1n) is 5.85. The molecule has 1 aromatic rings. The molecule has 0 unspecified atom stereocenters. The quantitative estimate of drug-likeness (QED) is 0.841. The molecule has 1 fully saturated rings. The summed E-state index contributed by atoms with van der Waals surface area (Å²) in [6.45, 7) is 3.63. The molecule has 0 aromatic heterocycles. The van der Waals surface area contributed by atoms with E-state index in [1.807, 2.05) is 0 Å². The predicted molar refractivity (Wildman–Crippen MR) is 69.0 cm³/mol. The molecule has 19 heavy (non-hydrogen) atoms. The summed E-state index contributed by atoms with van der Waals surface area (Å²) in [6, 6.07) is 4.16. The molecule has 1 aromatic carbocycles. The Hall–Kier alpha value is -1.46. The third-order valence-electron chi connectivity index (χ3n) is 3.09. The number of nitrogens with one attached hydrogen (secondary N) is 1.